The fraction of sp³-hybridized carbons (Fsp3) is 0.308. The first kappa shape index (κ1) is 12.3. The number of carboxylic acid groups (broad SMARTS) is 1. The van der Waals surface area contributed by atoms with E-state index in [2.05, 4.69) is 4.98 Å². The number of nitrogens with zero attached hydrogens (tertiary/aromatic N) is 2. The SMILES string of the molecule is Cc1nc2ccccc2n(C(C)(C)C(=O)O)c1=O. The number of aryl methyl sites for hydroxylation is 1. The van der Waals surface area contributed by atoms with E-state index in [0.717, 1.165) is 0 Å². The maximum Gasteiger partial charge on any atom is 0.329 e. The van der Waals surface area contributed by atoms with Crippen molar-refractivity contribution >= 4 is 17.0 Å². The lowest BCUT2D eigenvalue weighted by atomic mass is 10.0. The van der Waals surface area contributed by atoms with Crippen LogP contribution in [0.3, 0.4) is 0 Å². The van der Waals surface area contributed by atoms with E-state index in [1.54, 1.807) is 31.2 Å². The van der Waals surface area contributed by atoms with Crippen LogP contribution in [0.25, 0.3) is 11.0 Å². The lowest BCUT2D eigenvalue weighted by Gasteiger charge is -2.24. The smallest absolute Gasteiger partial charge is 0.329 e. The number of aliphatic carboxylic acids is 1. The number of fused-ring (bicyclic) bond motifs is 1. The third kappa shape index (κ3) is 1.68. The van der Waals surface area contributed by atoms with Gasteiger partial charge in [-0.2, -0.15) is 0 Å². The van der Waals surface area contributed by atoms with E-state index < -0.39 is 11.5 Å². The van der Waals surface area contributed by atoms with Gasteiger partial charge in [0.25, 0.3) is 5.56 Å². The number of hydrogen-bond acceptors (Lipinski definition) is 3. The molecule has 0 aliphatic rings. The van der Waals surface area contributed by atoms with Crippen molar-refractivity contribution in [1.29, 1.82) is 0 Å². The Balaban J connectivity index is 2.97. The highest BCUT2D eigenvalue weighted by Crippen LogP contribution is 2.19. The van der Waals surface area contributed by atoms with Crippen LogP contribution in [0.4, 0.5) is 0 Å². The van der Waals surface area contributed by atoms with E-state index in [1.165, 1.54) is 18.4 Å². The molecule has 0 saturated carbocycles. The van der Waals surface area contributed by atoms with Crippen LogP contribution in [0, 0.1) is 6.92 Å². The van der Waals surface area contributed by atoms with Crippen molar-refractivity contribution in [3.05, 3.63) is 40.3 Å². The van der Waals surface area contributed by atoms with Crippen molar-refractivity contribution < 1.29 is 9.90 Å². The summed E-state index contributed by atoms with van der Waals surface area (Å²) >= 11 is 0. The first-order valence-electron chi connectivity index (χ1n) is 5.58. The molecule has 0 aliphatic heterocycles. The molecule has 0 radical (unpaired) electrons. The predicted molar refractivity (Wildman–Crippen MR) is 67.7 cm³/mol. The summed E-state index contributed by atoms with van der Waals surface area (Å²) in [5, 5.41) is 9.29. The topological polar surface area (TPSA) is 72.2 Å². The highest BCUT2D eigenvalue weighted by molar-refractivity contribution is 5.81. The van der Waals surface area contributed by atoms with Gasteiger partial charge in [0.15, 0.2) is 0 Å². The number of hydrogen-bond donors (Lipinski definition) is 1. The molecule has 0 unspecified atom stereocenters. The molecule has 2 aromatic rings. The van der Waals surface area contributed by atoms with Gasteiger partial charge in [-0.1, -0.05) is 12.1 Å². The molecule has 1 N–H and O–H groups in total. The summed E-state index contributed by atoms with van der Waals surface area (Å²) in [5.41, 5.74) is -0.252. The Kier molecular flexibility index (Phi) is 2.69. The monoisotopic (exact) mass is 246 g/mol. The van der Waals surface area contributed by atoms with Gasteiger partial charge in [0.05, 0.1) is 11.0 Å². The van der Waals surface area contributed by atoms with Crippen LogP contribution < -0.4 is 5.56 Å². The molecule has 0 aliphatic carbocycles. The van der Waals surface area contributed by atoms with Gasteiger partial charge in [0.2, 0.25) is 0 Å². The van der Waals surface area contributed by atoms with Crippen LogP contribution in [0.1, 0.15) is 19.5 Å². The molecule has 1 aromatic heterocycles. The van der Waals surface area contributed by atoms with Gasteiger partial charge in [-0.25, -0.2) is 9.78 Å². The van der Waals surface area contributed by atoms with E-state index >= 15 is 0 Å². The second-order valence-corrected chi connectivity index (χ2v) is 4.69. The summed E-state index contributed by atoms with van der Waals surface area (Å²) in [6, 6.07) is 7.02. The Morgan fingerprint density at radius 2 is 1.94 bits per heavy atom. The standard InChI is InChI=1S/C13H14N2O3/c1-8-11(16)15(13(2,3)12(17)18)10-7-5-4-6-9(10)14-8/h4-7H,1-3H3,(H,17,18). The molecule has 5 heteroatoms. The number of aromatic nitrogens is 2. The van der Waals surface area contributed by atoms with Gasteiger partial charge in [-0.15, -0.1) is 0 Å². The Morgan fingerprint density at radius 3 is 2.56 bits per heavy atom. The van der Waals surface area contributed by atoms with Crippen LogP contribution in [-0.2, 0) is 10.3 Å². The maximum absolute atomic E-state index is 12.2. The van der Waals surface area contributed by atoms with Crippen molar-refractivity contribution in [2.45, 2.75) is 26.3 Å². The van der Waals surface area contributed by atoms with Gasteiger partial charge in [-0.3, -0.25) is 9.36 Å². The average molecular weight is 246 g/mol. The molecule has 2 rings (SSSR count). The Bertz CT molecular complexity index is 686. The van der Waals surface area contributed by atoms with E-state index in [4.69, 9.17) is 0 Å². The summed E-state index contributed by atoms with van der Waals surface area (Å²) < 4.78 is 1.28. The van der Waals surface area contributed by atoms with Crippen LogP contribution in [0.2, 0.25) is 0 Å². The second-order valence-electron chi connectivity index (χ2n) is 4.69. The normalized spacial score (nSPS) is 11.7. The summed E-state index contributed by atoms with van der Waals surface area (Å²) in [4.78, 5) is 27.7. The maximum atomic E-state index is 12.2. The number of para-hydroxylation sites is 2. The van der Waals surface area contributed by atoms with Crippen LogP contribution in [-0.4, -0.2) is 20.6 Å². The van der Waals surface area contributed by atoms with Crippen molar-refractivity contribution in [3.8, 4) is 0 Å². The molecule has 1 heterocycles. The highest BCUT2D eigenvalue weighted by Gasteiger charge is 2.32. The van der Waals surface area contributed by atoms with E-state index in [9.17, 15) is 14.7 Å². The molecule has 94 valence electrons. The van der Waals surface area contributed by atoms with E-state index in [-0.39, 0.29) is 5.56 Å². The number of rotatable bonds is 2. The molecular weight excluding hydrogens is 232 g/mol. The lowest BCUT2D eigenvalue weighted by Crippen LogP contribution is -2.43. The van der Waals surface area contributed by atoms with Gasteiger partial charge >= 0.3 is 5.97 Å². The minimum absolute atomic E-state index is 0.294. The molecule has 1 aromatic carbocycles. The number of benzene rings is 1. The molecule has 0 fully saturated rings. The number of carboxylic acids is 1. The molecule has 18 heavy (non-hydrogen) atoms. The molecule has 0 atom stereocenters. The summed E-state index contributed by atoms with van der Waals surface area (Å²) in [7, 11) is 0. The van der Waals surface area contributed by atoms with Crippen LogP contribution in [0.15, 0.2) is 29.1 Å². The summed E-state index contributed by atoms with van der Waals surface area (Å²) in [6.45, 7) is 4.59. The molecule has 0 bridgehead atoms. The molecule has 0 saturated heterocycles. The molecule has 0 amide bonds. The van der Waals surface area contributed by atoms with Crippen LogP contribution in [0.5, 0.6) is 0 Å². The van der Waals surface area contributed by atoms with Crippen molar-refractivity contribution in [3.63, 3.8) is 0 Å². The Hall–Kier alpha value is -2.17. The quantitative estimate of drug-likeness (QED) is 0.872. The van der Waals surface area contributed by atoms with Crippen molar-refractivity contribution in [2.24, 2.45) is 0 Å². The average Bonchev–Trinajstić information content (AvgIpc) is 2.30. The third-order valence-electron chi connectivity index (χ3n) is 3.01. The zero-order valence-electron chi connectivity index (χ0n) is 10.5. The zero-order valence-corrected chi connectivity index (χ0v) is 10.5. The largest absolute Gasteiger partial charge is 0.480 e. The Morgan fingerprint density at radius 1 is 1.33 bits per heavy atom. The summed E-state index contributed by atoms with van der Waals surface area (Å²) in [5.74, 6) is -1.06. The summed E-state index contributed by atoms with van der Waals surface area (Å²) in [6.07, 6.45) is 0. The predicted octanol–water partition coefficient (Wildman–Crippen LogP) is 1.52. The molecule has 0 spiro atoms. The van der Waals surface area contributed by atoms with Gasteiger partial charge in [0.1, 0.15) is 11.2 Å². The van der Waals surface area contributed by atoms with Gasteiger partial charge in [-0.05, 0) is 32.9 Å². The highest BCUT2D eigenvalue weighted by atomic mass is 16.4. The third-order valence-corrected chi connectivity index (χ3v) is 3.01. The molecular formula is C13H14N2O3. The first-order valence-corrected chi connectivity index (χ1v) is 5.58. The van der Waals surface area contributed by atoms with E-state index in [0.29, 0.717) is 16.7 Å². The van der Waals surface area contributed by atoms with E-state index in [1.807, 2.05) is 0 Å². The van der Waals surface area contributed by atoms with Crippen molar-refractivity contribution in [1.82, 2.24) is 9.55 Å². The minimum atomic E-state index is -1.32. The molecule has 5 nitrogen and oxygen atoms in total. The van der Waals surface area contributed by atoms with Crippen molar-refractivity contribution in [2.75, 3.05) is 0 Å². The first-order chi connectivity index (χ1) is 8.35. The second kappa shape index (κ2) is 3.94. The zero-order chi connectivity index (χ0) is 13.5. The fourth-order valence-electron chi connectivity index (χ4n) is 1.90. The lowest BCUT2D eigenvalue weighted by molar-refractivity contribution is -0.145. The fourth-order valence-corrected chi connectivity index (χ4v) is 1.90. The minimum Gasteiger partial charge on any atom is -0.480 e. The van der Waals surface area contributed by atoms with Gasteiger partial charge < -0.3 is 5.11 Å². The Labute approximate surface area is 104 Å². The number of carbonyl (C=O) groups is 1. The van der Waals surface area contributed by atoms with Crippen LogP contribution >= 0.6 is 0 Å². The van der Waals surface area contributed by atoms with Gasteiger partial charge in [0, 0.05) is 0 Å².